The van der Waals surface area contributed by atoms with E-state index in [-0.39, 0.29) is 11.8 Å². The molecule has 110 valence electrons. The summed E-state index contributed by atoms with van der Waals surface area (Å²) >= 11 is 0. The lowest BCUT2D eigenvalue weighted by molar-refractivity contribution is -0.136. The van der Waals surface area contributed by atoms with E-state index in [1.807, 2.05) is 24.1 Å². The third-order valence-electron chi connectivity index (χ3n) is 3.84. The number of nitrogens with one attached hydrogen (secondary N) is 1. The van der Waals surface area contributed by atoms with Crippen LogP contribution in [-0.4, -0.2) is 44.6 Å². The number of hydrogen-bond donors (Lipinski definition) is 1. The Balaban J connectivity index is 1.81. The molecule has 1 aromatic rings. The van der Waals surface area contributed by atoms with Crippen LogP contribution in [0.5, 0.6) is 5.75 Å². The second kappa shape index (κ2) is 6.75. The summed E-state index contributed by atoms with van der Waals surface area (Å²) in [7, 11) is 3.58. The van der Waals surface area contributed by atoms with Crippen LogP contribution in [0.25, 0.3) is 0 Å². The van der Waals surface area contributed by atoms with Crippen molar-refractivity contribution in [3.63, 3.8) is 0 Å². The van der Waals surface area contributed by atoms with Crippen LogP contribution >= 0.6 is 0 Å². The summed E-state index contributed by atoms with van der Waals surface area (Å²) in [4.78, 5) is 13.9. The first-order valence-corrected chi connectivity index (χ1v) is 7.18. The predicted molar refractivity (Wildman–Crippen MR) is 79.9 cm³/mol. The molecule has 1 fully saturated rings. The molecule has 20 heavy (non-hydrogen) atoms. The van der Waals surface area contributed by atoms with Crippen molar-refractivity contribution in [3.8, 4) is 5.75 Å². The molecule has 0 radical (unpaired) electrons. The molecule has 1 amide bonds. The van der Waals surface area contributed by atoms with Crippen molar-refractivity contribution in [1.82, 2.24) is 10.2 Å². The van der Waals surface area contributed by atoms with E-state index in [0.29, 0.717) is 5.92 Å². The number of amides is 1. The molecular formula is C16H24N2O2. The van der Waals surface area contributed by atoms with Gasteiger partial charge in [0.1, 0.15) is 5.75 Å². The first-order valence-electron chi connectivity index (χ1n) is 7.18. The maximum Gasteiger partial charge on any atom is 0.228 e. The van der Waals surface area contributed by atoms with Gasteiger partial charge in [0, 0.05) is 26.7 Å². The minimum absolute atomic E-state index is 0.188. The SMILES string of the molecule is COc1ccc(CC(C)CN(C)C(=O)C2CNC2)cc1. The number of benzene rings is 1. The first-order chi connectivity index (χ1) is 9.60. The second-order valence-electron chi connectivity index (χ2n) is 5.73. The molecule has 4 heteroatoms. The van der Waals surface area contributed by atoms with Gasteiger partial charge in [0.25, 0.3) is 0 Å². The molecule has 1 heterocycles. The molecule has 4 nitrogen and oxygen atoms in total. The molecule has 2 rings (SSSR count). The number of carbonyl (C=O) groups excluding carboxylic acids is 1. The second-order valence-corrected chi connectivity index (χ2v) is 5.73. The van der Waals surface area contributed by atoms with Gasteiger partial charge < -0.3 is 15.0 Å². The molecule has 1 aromatic carbocycles. The van der Waals surface area contributed by atoms with E-state index in [9.17, 15) is 4.79 Å². The number of nitrogens with zero attached hydrogens (tertiary/aromatic N) is 1. The van der Waals surface area contributed by atoms with Crippen LogP contribution in [0.4, 0.5) is 0 Å². The van der Waals surface area contributed by atoms with Crippen LogP contribution in [-0.2, 0) is 11.2 Å². The maximum absolute atomic E-state index is 12.1. The minimum atomic E-state index is 0.188. The molecule has 1 aliphatic heterocycles. The summed E-state index contributed by atoms with van der Waals surface area (Å²) in [5.74, 6) is 1.79. The highest BCUT2D eigenvalue weighted by atomic mass is 16.5. The largest absolute Gasteiger partial charge is 0.497 e. The van der Waals surface area contributed by atoms with E-state index in [1.54, 1.807) is 7.11 Å². The molecule has 0 spiro atoms. The van der Waals surface area contributed by atoms with Gasteiger partial charge in [-0.2, -0.15) is 0 Å². The van der Waals surface area contributed by atoms with Crippen LogP contribution in [0.3, 0.4) is 0 Å². The number of rotatable bonds is 6. The number of carbonyl (C=O) groups is 1. The molecule has 1 unspecified atom stereocenters. The molecule has 1 aliphatic rings. The fourth-order valence-electron chi connectivity index (χ4n) is 2.56. The van der Waals surface area contributed by atoms with Crippen LogP contribution in [0, 0.1) is 11.8 Å². The lowest BCUT2D eigenvalue weighted by Gasteiger charge is -2.31. The molecular weight excluding hydrogens is 252 g/mol. The van der Waals surface area contributed by atoms with E-state index in [2.05, 4.69) is 24.4 Å². The Morgan fingerprint density at radius 1 is 1.40 bits per heavy atom. The van der Waals surface area contributed by atoms with Crippen LogP contribution in [0.15, 0.2) is 24.3 Å². The smallest absolute Gasteiger partial charge is 0.228 e. The Bertz CT molecular complexity index is 440. The van der Waals surface area contributed by atoms with Crippen LogP contribution < -0.4 is 10.1 Å². The van der Waals surface area contributed by atoms with Crippen molar-refractivity contribution in [2.75, 3.05) is 33.8 Å². The average Bonchev–Trinajstić information content (AvgIpc) is 2.37. The number of hydrogen-bond acceptors (Lipinski definition) is 3. The Morgan fingerprint density at radius 2 is 2.05 bits per heavy atom. The summed E-state index contributed by atoms with van der Waals surface area (Å²) in [5.41, 5.74) is 1.28. The topological polar surface area (TPSA) is 41.6 Å². The van der Waals surface area contributed by atoms with Crippen molar-refractivity contribution in [3.05, 3.63) is 29.8 Å². The van der Waals surface area contributed by atoms with Gasteiger partial charge in [0.05, 0.1) is 13.0 Å². The van der Waals surface area contributed by atoms with Crippen molar-refractivity contribution < 1.29 is 9.53 Å². The van der Waals surface area contributed by atoms with Crippen LogP contribution in [0.1, 0.15) is 12.5 Å². The van der Waals surface area contributed by atoms with Crippen molar-refractivity contribution in [1.29, 1.82) is 0 Å². The van der Waals surface area contributed by atoms with Gasteiger partial charge in [-0.1, -0.05) is 19.1 Å². The summed E-state index contributed by atoms with van der Waals surface area (Å²) in [6, 6.07) is 8.15. The van der Waals surface area contributed by atoms with Gasteiger partial charge in [0.2, 0.25) is 5.91 Å². The van der Waals surface area contributed by atoms with Crippen LogP contribution in [0.2, 0.25) is 0 Å². The van der Waals surface area contributed by atoms with Crippen molar-refractivity contribution in [2.45, 2.75) is 13.3 Å². The quantitative estimate of drug-likeness (QED) is 0.857. The van der Waals surface area contributed by atoms with E-state index in [1.165, 1.54) is 5.56 Å². The summed E-state index contributed by atoms with van der Waals surface area (Å²) < 4.78 is 5.16. The van der Waals surface area contributed by atoms with Gasteiger partial charge >= 0.3 is 0 Å². The molecule has 0 aromatic heterocycles. The lowest BCUT2D eigenvalue weighted by atomic mass is 9.98. The fraction of sp³-hybridized carbons (Fsp3) is 0.562. The molecule has 1 atom stereocenters. The lowest BCUT2D eigenvalue weighted by Crippen LogP contribution is -2.51. The van der Waals surface area contributed by atoms with E-state index >= 15 is 0 Å². The highest BCUT2D eigenvalue weighted by Crippen LogP contribution is 2.16. The average molecular weight is 276 g/mol. The third kappa shape index (κ3) is 3.73. The molecule has 0 bridgehead atoms. The zero-order valence-corrected chi connectivity index (χ0v) is 12.6. The Labute approximate surface area is 121 Å². The highest BCUT2D eigenvalue weighted by Gasteiger charge is 2.27. The van der Waals surface area contributed by atoms with Gasteiger partial charge in [-0.05, 0) is 30.0 Å². The Hall–Kier alpha value is -1.55. The van der Waals surface area contributed by atoms with E-state index < -0.39 is 0 Å². The minimum Gasteiger partial charge on any atom is -0.497 e. The van der Waals surface area contributed by atoms with Crippen molar-refractivity contribution >= 4 is 5.91 Å². The first kappa shape index (κ1) is 14.9. The Kier molecular flexibility index (Phi) is 5.01. The number of ether oxygens (including phenoxy) is 1. The van der Waals surface area contributed by atoms with Gasteiger partial charge in [0.15, 0.2) is 0 Å². The maximum atomic E-state index is 12.1. The molecule has 1 N–H and O–H groups in total. The third-order valence-corrected chi connectivity index (χ3v) is 3.84. The molecule has 0 aliphatic carbocycles. The monoisotopic (exact) mass is 276 g/mol. The molecule has 1 saturated heterocycles. The standard InChI is InChI=1S/C16H24N2O2/c1-12(8-13-4-6-15(20-3)7-5-13)11-18(2)16(19)14-9-17-10-14/h4-7,12,14,17H,8-11H2,1-3H3. The fourth-order valence-corrected chi connectivity index (χ4v) is 2.56. The molecule has 0 saturated carbocycles. The zero-order chi connectivity index (χ0) is 14.5. The predicted octanol–water partition coefficient (Wildman–Crippen LogP) is 1.55. The summed E-state index contributed by atoms with van der Waals surface area (Å²) in [6.45, 7) is 4.65. The van der Waals surface area contributed by atoms with Crippen molar-refractivity contribution in [2.24, 2.45) is 11.8 Å². The van der Waals surface area contributed by atoms with E-state index in [4.69, 9.17) is 4.74 Å². The summed E-state index contributed by atoms with van der Waals surface area (Å²) in [5, 5.41) is 3.14. The van der Waals surface area contributed by atoms with E-state index in [0.717, 1.165) is 31.8 Å². The number of methoxy groups -OCH3 is 1. The van der Waals surface area contributed by atoms with Gasteiger partial charge in [-0.25, -0.2) is 0 Å². The zero-order valence-electron chi connectivity index (χ0n) is 12.6. The Morgan fingerprint density at radius 3 is 2.55 bits per heavy atom. The highest BCUT2D eigenvalue weighted by molar-refractivity contribution is 5.79. The van der Waals surface area contributed by atoms with Gasteiger partial charge in [-0.15, -0.1) is 0 Å². The normalized spacial score (nSPS) is 16.4. The summed E-state index contributed by atoms with van der Waals surface area (Å²) in [6.07, 6.45) is 0.977. The van der Waals surface area contributed by atoms with Gasteiger partial charge in [-0.3, -0.25) is 4.79 Å².